The van der Waals surface area contributed by atoms with Crippen LogP contribution in [-0.2, 0) is 17.8 Å². The molecule has 0 aliphatic rings. The zero-order valence-electron chi connectivity index (χ0n) is 13.1. The molecule has 0 heterocycles. The summed E-state index contributed by atoms with van der Waals surface area (Å²) in [4.78, 5) is 23.0. The van der Waals surface area contributed by atoms with Crippen molar-refractivity contribution in [3.63, 3.8) is 0 Å². The van der Waals surface area contributed by atoms with Crippen LogP contribution >= 0.6 is 0 Å². The van der Waals surface area contributed by atoms with Crippen LogP contribution in [-0.4, -0.2) is 23.1 Å². The highest BCUT2D eigenvalue weighted by molar-refractivity contribution is 5.83. The third-order valence-corrected chi connectivity index (χ3v) is 3.27. The van der Waals surface area contributed by atoms with E-state index in [1.807, 2.05) is 24.3 Å². The summed E-state index contributed by atoms with van der Waals surface area (Å²) < 4.78 is 0. The predicted octanol–water partition coefficient (Wildman–Crippen LogP) is 2.55. The second-order valence-corrected chi connectivity index (χ2v) is 6.13. The van der Waals surface area contributed by atoms with Crippen LogP contribution in [0.25, 0.3) is 0 Å². The Bertz CT molecular complexity index is 489. The summed E-state index contributed by atoms with van der Waals surface area (Å²) in [7, 11) is 0. The Balaban J connectivity index is 2.54. The van der Waals surface area contributed by atoms with Crippen LogP contribution in [0.15, 0.2) is 24.3 Å². The summed E-state index contributed by atoms with van der Waals surface area (Å²) in [6.07, 6.45) is 0.972. The van der Waals surface area contributed by atoms with Gasteiger partial charge in [0.1, 0.15) is 6.04 Å². The Morgan fingerprint density at radius 3 is 2.10 bits per heavy atom. The van der Waals surface area contributed by atoms with Crippen LogP contribution in [0.4, 0.5) is 4.79 Å². The number of benzene rings is 1. The number of hydrogen-bond acceptors (Lipinski definition) is 2. The fourth-order valence-corrected chi connectivity index (χ4v) is 1.91. The standard InChI is InChI=1S/C16H24N2O3/c1-5-11-6-8-12(9-7-11)10-17-15(21)18-13(14(19)20)16(2,3)4/h6-9,13H,5,10H2,1-4H3,(H,19,20)(H2,17,18,21). The number of carbonyl (C=O) groups is 2. The Labute approximate surface area is 125 Å². The molecule has 0 bridgehead atoms. The summed E-state index contributed by atoms with van der Waals surface area (Å²) in [6, 6.07) is 6.54. The Morgan fingerprint density at radius 2 is 1.67 bits per heavy atom. The van der Waals surface area contributed by atoms with E-state index in [9.17, 15) is 9.59 Å². The molecule has 0 aliphatic heterocycles. The van der Waals surface area contributed by atoms with Crippen molar-refractivity contribution < 1.29 is 14.7 Å². The van der Waals surface area contributed by atoms with Crippen molar-refractivity contribution in [3.05, 3.63) is 35.4 Å². The highest BCUT2D eigenvalue weighted by Crippen LogP contribution is 2.19. The molecule has 5 nitrogen and oxygen atoms in total. The minimum absolute atomic E-state index is 0.367. The molecule has 0 spiro atoms. The third-order valence-electron chi connectivity index (χ3n) is 3.27. The molecule has 0 saturated heterocycles. The van der Waals surface area contributed by atoms with Gasteiger partial charge >= 0.3 is 12.0 Å². The summed E-state index contributed by atoms with van der Waals surface area (Å²) in [6.45, 7) is 7.77. The van der Waals surface area contributed by atoms with Gasteiger partial charge in [-0.2, -0.15) is 0 Å². The maximum Gasteiger partial charge on any atom is 0.326 e. The largest absolute Gasteiger partial charge is 0.480 e. The lowest BCUT2D eigenvalue weighted by Gasteiger charge is -2.27. The number of hydrogen-bond donors (Lipinski definition) is 3. The second kappa shape index (κ2) is 7.11. The van der Waals surface area contributed by atoms with E-state index in [1.54, 1.807) is 20.8 Å². The Hall–Kier alpha value is -2.04. The highest BCUT2D eigenvalue weighted by atomic mass is 16.4. The molecule has 1 atom stereocenters. The van der Waals surface area contributed by atoms with Crippen molar-refractivity contribution in [2.24, 2.45) is 5.41 Å². The van der Waals surface area contributed by atoms with Crippen molar-refractivity contribution in [1.82, 2.24) is 10.6 Å². The van der Waals surface area contributed by atoms with Crippen LogP contribution in [0, 0.1) is 5.41 Å². The average molecular weight is 292 g/mol. The van der Waals surface area contributed by atoms with E-state index >= 15 is 0 Å². The smallest absolute Gasteiger partial charge is 0.326 e. The summed E-state index contributed by atoms with van der Waals surface area (Å²) in [5, 5.41) is 14.3. The van der Waals surface area contributed by atoms with Gasteiger partial charge in [-0.1, -0.05) is 52.0 Å². The first kappa shape index (κ1) is 17.0. The normalized spacial score (nSPS) is 12.6. The molecule has 1 rings (SSSR count). The van der Waals surface area contributed by atoms with Gasteiger partial charge in [0, 0.05) is 6.54 Å². The van der Waals surface area contributed by atoms with Crippen molar-refractivity contribution in [2.75, 3.05) is 0 Å². The SMILES string of the molecule is CCc1ccc(CNC(=O)NC(C(=O)O)C(C)(C)C)cc1. The molecule has 3 N–H and O–H groups in total. The van der Waals surface area contributed by atoms with E-state index in [0.29, 0.717) is 6.54 Å². The first-order valence-electron chi connectivity index (χ1n) is 7.09. The predicted molar refractivity (Wildman–Crippen MR) is 82.1 cm³/mol. The summed E-state index contributed by atoms with van der Waals surface area (Å²) in [5.74, 6) is -1.04. The van der Waals surface area contributed by atoms with Gasteiger partial charge in [0.15, 0.2) is 0 Å². The van der Waals surface area contributed by atoms with Gasteiger partial charge in [0.2, 0.25) is 0 Å². The van der Waals surface area contributed by atoms with Crippen LogP contribution in [0.2, 0.25) is 0 Å². The van der Waals surface area contributed by atoms with Gasteiger partial charge < -0.3 is 15.7 Å². The Kier molecular flexibility index (Phi) is 5.76. The molecule has 2 amide bonds. The van der Waals surface area contributed by atoms with Gasteiger partial charge in [-0.25, -0.2) is 9.59 Å². The molecule has 5 heteroatoms. The van der Waals surface area contributed by atoms with E-state index in [2.05, 4.69) is 17.6 Å². The number of carbonyl (C=O) groups excluding carboxylic acids is 1. The topological polar surface area (TPSA) is 78.4 Å². The minimum atomic E-state index is -1.04. The molecular weight excluding hydrogens is 268 g/mol. The fourth-order valence-electron chi connectivity index (χ4n) is 1.91. The van der Waals surface area contributed by atoms with E-state index < -0.39 is 23.5 Å². The van der Waals surface area contributed by atoms with Crippen molar-refractivity contribution in [2.45, 2.75) is 46.7 Å². The van der Waals surface area contributed by atoms with Crippen molar-refractivity contribution in [1.29, 1.82) is 0 Å². The van der Waals surface area contributed by atoms with Crippen LogP contribution in [0.3, 0.4) is 0 Å². The quantitative estimate of drug-likeness (QED) is 0.780. The molecule has 0 aromatic heterocycles. The molecule has 0 fully saturated rings. The molecule has 0 saturated carbocycles. The van der Waals surface area contributed by atoms with E-state index in [4.69, 9.17) is 5.11 Å². The van der Waals surface area contributed by atoms with E-state index in [-0.39, 0.29) is 0 Å². The highest BCUT2D eigenvalue weighted by Gasteiger charge is 2.32. The van der Waals surface area contributed by atoms with E-state index in [0.717, 1.165) is 12.0 Å². The molecule has 0 radical (unpaired) electrons. The van der Waals surface area contributed by atoms with Crippen LogP contribution in [0.5, 0.6) is 0 Å². The van der Waals surface area contributed by atoms with Gasteiger partial charge in [-0.05, 0) is 23.0 Å². The third kappa shape index (κ3) is 5.45. The summed E-state index contributed by atoms with van der Waals surface area (Å²) in [5.41, 5.74) is 1.67. The molecule has 1 aromatic carbocycles. The lowest BCUT2D eigenvalue weighted by molar-refractivity contribution is -0.141. The number of nitrogens with one attached hydrogen (secondary N) is 2. The van der Waals surface area contributed by atoms with Crippen LogP contribution < -0.4 is 10.6 Å². The second-order valence-electron chi connectivity index (χ2n) is 6.13. The van der Waals surface area contributed by atoms with Gasteiger partial charge in [0.05, 0.1) is 0 Å². The van der Waals surface area contributed by atoms with E-state index in [1.165, 1.54) is 5.56 Å². The Morgan fingerprint density at radius 1 is 1.14 bits per heavy atom. The first-order valence-corrected chi connectivity index (χ1v) is 7.09. The number of carboxylic acids is 1. The molecule has 1 aromatic rings. The number of carboxylic acid groups (broad SMARTS) is 1. The van der Waals surface area contributed by atoms with Gasteiger partial charge in [-0.3, -0.25) is 0 Å². The monoisotopic (exact) mass is 292 g/mol. The zero-order valence-corrected chi connectivity index (χ0v) is 13.1. The molecule has 1 unspecified atom stereocenters. The number of aliphatic carboxylic acids is 1. The lowest BCUT2D eigenvalue weighted by atomic mass is 9.87. The zero-order chi connectivity index (χ0) is 16.0. The molecule has 21 heavy (non-hydrogen) atoms. The maximum atomic E-state index is 11.8. The molecule has 0 aliphatic carbocycles. The number of amides is 2. The lowest BCUT2D eigenvalue weighted by Crippen LogP contribution is -2.52. The fraction of sp³-hybridized carbons (Fsp3) is 0.500. The van der Waals surface area contributed by atoms with Crippen molar-refractivity contribution in [3.8, 4) is 0 Å². The molecule has 116 valence electrons. The van der Waals surface area contributed by atoms with Crippen molar-refractivity contribution >= 4 is 12.0 Å². The first-order chi connectivity index (χ1) is 9.74. The average Bonchev–Trinajstić information content (AvgIpc) is 2.41. The molecular formula is C16H24N2O3. The maximum absolute atomic E-state index is 11.8. The number of rotatable bonds is 5. The number of aryl methyl sites for hydroxylation is 1. The van der Waals surface area contributed by atoms with Crippen LogP contribution in [0.1, 0.15) is 38.8 Å². The van der Waals surface area contributed by atoms with Gasteiger partial charge in [0.25, 0.3) is 0 Å². The summed E-state index contributed by atoms with van der Waals surface area (Å²) >= 11 is 0. The minimum Gasteiger partial charge on any atom is -0.480 e. The van der Waals surface area contributed by atoms with Gasteiger partial charge in [-0.15, -0.1) is 0 Å². The number of urea groups is 1.